The predicted octanol–water partition coefficient (Wildman–Crippen LogP) is 2.76. The molecule has 1 amide bonds. The van der Waals surface area contributed by atoms with Gasteiger partial charge in [-0.15, -0.1) is 0 Å². The lowest BCUT2D eigenvalue weighted by Crippen LogP contribution is -2.14. The highest BCUT2D eigenvalue weighted by molar-refractivity contribution is 6.30. The van der Waals surface area contributed by atoms with Crippen molar-refractivity contribution in [1.82, 2.24) is 14.8 Å². The molecule has 0 spiro atoms. The lowest BCUT2D eigenvalue weighted by molar-refractivity contribution is 0.102. The van der Waals surface area contributed by atoms with Gasteiger partial charge in [0.25, 0.3) is 5.91 Å². The lowest BCUT2D eigenvalue weighted by atomic mass is 10.2. The number of carbonyl (C=O) groups excluding carboxylic acids is 1. The highest BCUT2D eigenvalue weighted by atomic mass is 35.5. The highest BCUT2D eigenvalue weighted by Crippen LogP contribution is 2.18. The zero-order chi connectivity index (χ0) is 15.5. The summed E-state index contributed by atoms with van der Waals surface area (Å²) < 4.78 is 1.41. The van der Waals surface area contributed by atoms with Crippen LogP contribution in [0.25, 0.3) is 5.82 Å². The van der Waals surface area contributed by atoms with Crippen LogP contribution in [-0.2, 0) is 0 Å². The fourth-order valence-electron chi connectivity index (χ4n) is 1.93. The van der Waals surface area contributed by atoms with Gasteiger partial charge in [0, 0.05) is 16.9 Å². The van der Waals surface area contributed by atoms with E-state index in [2.05, 4.69) is 15.4 Å². The Morgan fingerprint density at radius 2 is 1.95 bits per heavy atom. The summed E-state index contributed by atoms with van der Waals surface area (Å²) in [5.41, 5.74) is 6.90. The molecular formula is C15H12ClN5O. The van der Waals surface area contributed by atoms with Gasteiger partial charge in [0.15, 0.2) is 5.82 Å². The molecule has 2 heterocycles. The number of rotatable bonds is 3. The number of hydrogen-bond acceptors (Lipinski definition) is 4. The van der Waals surface area contributed by atoms with Crippen LogP contribution in [-0.4, -0.2) is 20.7 Å². The van der Waals surface area contributed by atoms with E-state index in [-0.39, 0.29) is 17.3 Å². The fourth-order valence-corrected chi connectivity index (χ4v) is 2.05. The van der Waals surface area contributed by atoms with E-state index in [9.17, 15) is 4.79 Å². The first kappa shape index (κ1) is 14.1. The molecular weight excluding hydrogens is 302 g/mol. The van der Waals surface area contributed by atoms with Crippen molar-refractivity contribution < 1.29 is 4.79 Å². The lowest BCUT2D eigenvalue weighted by Gasteiger charge is -2.06. The molecule has 0 aliphatic carbocycles. The van der Waals surface area contributed by atoms with E-state index in [1.165, 1.54) is 10.9 Å². The Labute approximate surface area is 131 Å². The van der Waals surface area contributed by atoms with Crippen molar-refractivity contribution in [2.75, 3.05) is 11.1 Å². The number of carbonyl (C=O) groups is 1. The second kappa shape index (κ2) is 5.87. The maximum Gasteiger partial charge on any atom is 0.261 e. The van der Waals surface area contributed by atoms with Crippen LogP contribution in [0.1, 0.15) is 10.4 Å². The second-order valence-electron chi connectivity index (χ2n) is 4.50. The average Bonchev–Trinajstić information content (AvgIpc) is 2.92. The van der Waals surface area contributed by atoms with Gasteiger partial charge in [0.05, 0.1) is 6.20 Å². The molecule has 0 saturated heterocycles. The first-order valence-electron chi connectivity index (χ1n) is 6.47. The van der Waals surface area contributed by atoms with Crippen molar-refractivity contribution in [2.24, 2.45) is 0 Å². The second-order valence-corrected chi connectivity index (χ2v) is 4.94. The number of amides is 1. The Hall–Kier alpha value is -2.86. The molecule has 3 rings (SSSR count). The number of pyridine rings is 1. The van der Waals surface area contributed by atoms with Crippen LogP contribution >= 0.6 is 11.6 Å². The van der Waals surface area contributed by atoms with Crippen LogP contribution in [0.5, 0.6) is 0 Å². The summed E-state index contributed by atoms with van der Waals surface area (Å²) in [6.45, 7) is 0. The average molecular weight is 314 g/mol. The Bertz CT molecular complexity index is 799. The summed E-state index contributed by atoms with van der Waals surface area (Å²) in [6.07, 6.45) is 3.04. The Morgan fingerprint density at radius 1 is 1.18 bits per heavy atom. The molecule has 0 fully saturated rings. The standard InChI is InChI=1S/C15H12ClN5O/c16-10-4-6-11(7-5-10)20-15(22)12-9-19-21(14(12)17)13-3-1-2-8-18-13/h1-9H,17H2,(H,20,22). The number of nitrogens with zero attached hydrogens (tertiary/aromatic N) is 3. The predicted molar refractivity (Wildman–Crippen MR) is 85.2 cm³/mol. The zero-order valence-electron chi connectivity index (χ0n) is 11.4. The summed E-state index contributed by atoms with van der Waals surface area (Å²) in [6, 6.07) is 12.2. The number of halogens is 1. The van der Waals surface area contributed by atoms with Crippen LogP contribution in [0.3, 0.4) is 0 Å². The third kappa shape index (κ3) is 2.77. The Kier molecular flexibility index (Phi) is 3.76. The number of nitrogens with one attached hydrogen (secondary N) is 1. The molecule has 0 saturated carbocycles. The number of nitrogen functional groups attached to an aromatic ring is 1. The van der Waals surface area contributed by atoms with E-state index in [0.29, 0.717) is 16.5 Å². The summed E-state index contributed by atoms with van der Waals surface area (Å²) in [5.74, 6) is 0.428. The van der Waals surface area contributed by atoms with Gasteiger partial charge in [-0.05, 0) is 36.4 Å². The van der Waals surface area contributed by atoms with E-state index in [0.717, 1.165) is 0 Å². The molecule has 3 aromatic rings. The zero-order valence-corrected chi connectivity index (χ0v) is 12.2. The number of nitrogens with two attached hydrogens (primary N) is 1. The summed E-state index contributed by atoms with van der Waals surface area (Å²) in [7, 11) is 0. The van der Waals surface area contributed by atoms with Crippen molar-refractivity contribution in [3.05, 3.63) is 65.4 Å². The highest BCUT2D eigenvalue weighted by Gasteiger charge is 2.16. The molecule has 0 atom stereocenters. The number of hydrogen-bond donors (Lipinski definition) is 2. The number of benzene rings is 1. The first-order valence-corrected chi connectivity index (χ1v) is 6.85. The van der Waals surface area contributed by atoms with E-state index in [4.69, 9.17) is 17.3 Å². The maximum absolute atomic E-state index is 12.3. The minimum Gasteiger partial charge on any atom is -0.383 e. The van der Waals surface area contributed by atoms with Crippen LogP contribution < -0.4 is 11.1 Å². The molecule has 0 aliphatic rings. The third-order valence-electron chi connectivity index (χ3n) is 3.02. The smallest absolute Gasteiger partial charge is 0.261 e. The van der Waals surface area contributed by atoms with Gasteiger partial charge >= 0.3 is 0 Å². The van der Waals surface area contributed by atoms with Crippen LogP contribution in [0.15, 0.2) is 54.9 Å². The van der Waals surface area contributed by atoms with Gasteiger partial charge in [-0.2, -0.15) is 9.78 Å². The molecule has 1 aromatic carbocycles. The van der Waals surface area contributed by atoms with E-state index < -0.39 is 0 Å². The topological polar surface area (TPSA) is 85.8 Å². The summed E-state index contributed by atoms with van der Waals surface area (Å²) in [4.78, 5) is 16.4. The summed E-state index contributed by atoms with van der Waals surface area (Å²) >= 11 is 5.81. The minimum atomic E-state index is -0.345. The van der Waals surface area contributed by atoms with Crippen molar-refractivity contribution in [2.45, 2.75) is 0 Å². The van der Waals surface area contributed by atoms with Crippen LogP contribution in [0.2, 0.25) is 5.02 Å². The quantitative estimate of drug-likeness (QED) is 0.778. The number of anilines is 2. The van der Waals surface area contributed by atoms with Gasteiger partial charge in [-0.25, -0.2) is 4.98 Å². The van der Waals surface area contributed by atoms with Gasteiger partial charge in [-0.3, -0.25) is 4.79 Å². The Balaban J connectivity index is 1.85. The SMILES string of the molecule is Nc1c(C(=O)Nc2ccc(Cl)cc2)cnn1-c1ccccn1. The van der Waals surface area contributed by atoms with Crippen molar-refractivity contribution in [3.63, 3.8) is 0 Å². The molecule has 7 heteroatoms. The van der Waals surface area contributed by atoms with E-state index >= 15 is 0 Å². The van der Waals surface area contributed by atoms with E-state index in [1.807, 2.05) is 6.07 Å². The van der Waals surface area contributed by atoms with Crippen molar-refractivity contribution >= 4 is 29.0 Å². The maximum atomic E-state index is 12.3. The van der Waals surface area contributed by atoms with Crippen molar-refractivity contribution in [3.8, 4) is 5.82 Å². The van der Waals surface area contributed by atoms with Crippen LogP contribution in [0, 0.1) is 0 Å². The van der Waals surface area contributed by atoms with Crippen LogP contribution in [0.4, 0.5) is 11.5 Å². The van der Waals surface area contributed by atoms with Gasteiger partial charge in [0.1, 0.15) is 11.4 Å². The van der Waals surface area contributed by atoms with Gasteiger partial charge in [-0.1, -0.05) is 17.7 Å². The normalized spacial score (nSPS) is 10.4. The molecule has 0 radical (unpaired) electrons. The molecule has 6 nitrogen and oxygen atoms in total. The fraction of sp³-hybridized carbons (Fsp3) is 0. The Morgan fingerprint density at radius 3 is 2.64 bits per heavy atom. The molecule has 2 aromatic heterocycles. The summed E-state index contributed by atoms with van der Waals surface area (Å²) in [5, 5.41) is 7.45. The molecule has 22 heavy (non-hydrogen) atoms. The number of aromatic nitrogens is 3. The molecule has 0 unspecified atom stereocenters. The first-order chi connectivity index (χ1) is 10.6. The monoisotopic (exact) mass is 313 g/mol. The third-order valence-corrected chi connectivity index (χ3v) is 3.27. The van der Waals surface area contributed by atoms with Gasteiger partial charge < -0.3 is 11.1 Å². The molecule has 3 N–H and O–H groups in total. The minimum absolute atomic E-state index is 0.227. The van der Waals surface area contributed by atoms with E-state index in [1.54, 1.807) is 42.6 Å². The molecule has 0 bridgehead atoms. The largest absolute Gasteiger partial charge is 0.383 e. The molecule has 0 aliphatic heterocycles. The molecule has 110 valence electrons. The van der Waals surface area contributed by atoms with Crippen molar-refractivity contribution in [1.29, 1.82) is 0 Å². The van der Waals surface area contributed by atoms with Gasteiger partial charge in [0.2, 0.25) is 0 Å².